The van der Waals surface area contributed by atoms with Gasteiger partial charge in [-0.05, 0) is 48.2 Å². The van der Waals surface area contributed by atoms with Crippen LogP contribution in [0.3, 0.4) is 0 Å². The van der Waals surface area contributed by atoms with Gasteiger partial charge in [0, 0.05) is 19.9 Å². The second-order valence-corrected chi connectivity index (χ2v) is 9.13. The number of nitrogens with one attached hydrogen (secondary N) is 1. The molecule has 2 unspecified atom stereocenters. The van der Waals surface area contributed by atoms with Gasteiger partial charge in [-0.15, -0.1) is 0 Å². The van der Waals surface area contributed by atoms with Crippen molar-refractivity contribution in [3.05, 3.63) is 96.1 Å². The van der Waals surface area contributed by atoms with Crippen LogP contribution in [0, 0.1) is 0 Å². The van der Waals surface area contributed by atoms with Crippen molar-refractivity contribution < 1.29 is 23.9 Å². The summed E-state index contributed by atoms with van der Waals surface area (Å²) in [4.78, 5) is 39.8. The van der Waals surface area contributed by atoms with E-state index in [4.69, 9.17) is 9.47 Å². The van der Waals surface area contributed by atoms with E-state index in [1.807, 2.05) is 84.9 Å². The number of ketones is 1. The third-order valence-electron chi connectivity index (χ3n) is 6.34. The molecular formula is C30H32N2O5. The van der Waals surface area contributed by atoms with Crippen molar-refractivity contribution in [2.75, 3.05) is 13.2 Å². The van der Waals surface area contributed by atoms with Gasteiger partial charge in [-0.2, -0.15) is 0 Å². The lowest BCUT2D eigenvalue weighted by atomic mass is 10.0. The number of ether oxygens (including phenoxy) is 2. The molecule has 1 saturated heterocycles. The molecule has 37 heavy (non-hydrogen) atoms. The fourth-order valence-electron chi connectivity index (χ4n) is 4.39. The van der Waals surface area contributed by atoms with Crippen molar-refractivity contribution >= 4 is 17.6 Å². The van der Waals surface area contributed by atoms with E-state index in [0.29, 0.717) is 25.3 Å². The summed E-state index contributed by atoms with van der Waals surface area (Å²) < 4.78 is 11.7. The molecule has 1 N–H and O–H groups in total. The summed E-state index contributed by atoms with van der Waals surface area (Å²) in [5.41, 5.74) is 1.78. The summed E-state index contributed by atoms with van der Waals surface area (Å²) in [6.07, 6.45) is 1.48. The smallest absolute Gasteiger partial charge is 0.243 e. The third-order valence-corrected chi connectivity index (χ3v) is 6.34. The Hall–Kier alpha value is -3.97. The Labute approximate surface area is 217 Å². The van der Waals surface area contributed by atoms with Crippen LogP contribution in [0.15, 0.2) is 84.9 Å². The van der Waals surface area contributed by atoms with Crippen molar-refractivity contribution in [1.29, 1.82) is 0 Å². The number of likely N-dealkylation sites (tertiary alicyclic amines) is 1. The number of nitrogens with zero attached hydrogens (tertiary/aromatic N) is 1. The predicted octanol–water partition coefficient (Wildman–Crippen LogP) is 4.30. The number of hydrogen-bond donors (Lipinski definition) is 1. The molecule has 0 bridgehead atoms. The monoisotopic (exact) mass is 500 g/mol. The number of benzene rings is 3. The SMILES string of the molecule is CC(=O)N1CCCC1C(=O)NC(COCc1ccccc1)C(=O)Cc1ccc(Oc2ccccc2)cc1. The first kappa shape index (κ1) is 26.1. The summed E-state index contributed by atoms with van der Waals surface area (Å²) in [5, 5.41) is 2.86. The van der Waals surface area contributed by atoms with Crippen LogP contribution in [-0.4, -0.2) is 47.7 Å². The van der Waals surface area contributed by atoms with Gasteiger partial charge in [0.05, 0.1) is 13.2 Å². The molecule has 7 nitrogen and oxygen atoms in total. The molecule has 0 aliphatic carbocycles. The molecule has 3 aromatic rings. The largest absolute Gasteiger partial charge is 0.457 e. The van der Waals surface area contributed by atoms with Gasteiger partial charge in [0.15, 0.2) is 5.78 Å². The summed E-state index contributed by atoms with van der Waals surface area (Å²) in [5.74, 6) is 0.783. The summed E-state index contributed by atoms with van der Waals surface area (Å²) in [6, 6.07) is 25.1. The molecule has 2 amide bonds. The standard InChI is InChI=1S/C30H32N2O5/c1-22(33)32-18-8-13-28(32)30(35)31-27(21-36-20-24-9-4-2-5-10-24)29(34)19-23-14-16-26(17-15-23)37-25-11-6-3-7-12-25/h2-7,9-12,14-17,27-28H,8,13,18-21H2,1H3,(H,31,35). The minimum Gasteiger partial charge on any atom is -0.457 e. The highest BCUT2D eigenvalue weighted by Gasteiger charge is 2.34. The first-order valence-corrected chi connectivity index (χ1v) is 12.5. The van der Waals surface area contributed by atoms with Crippen LogP contribution in [0.1, 0.15) is 30.9 Å². The van der Waals surface area contributed by atoms with Crippen LogP contribution in [0.4, 0.5) is 0 Å². The molecule has 1 aliphatic heterocycles. The van der Waals surface area contributed by atoms with Crippen molar-refractivity contribution in [3.63, 3.8) is 0 Å². The third kappa shape index (κ3) is 7.51. The van der Waals surface area contributed by atoms with Crippen LogP contribution in [0.2, 0.25) is 0 Å². The van der Waals surface area contributed by atoms with E-state index >= 15 is 0 Å². The zero-order valence-electron chi connectivity index (χ0n) is 21.0. The first-order chi connectivity index (χ1) is 18.0. The van der Waals surface area contributed by atoms with Gasteiger partial charge in [0.25, 0.3) is 0 Å². The normalized spacial score (nSPS) is 15.7. The second-order valence-electron chi connectivity index (χ2n) is 9.13. The van der Waals surface area contributed by atoms with Gasteiger partial charge in [-0.1, -0.05) is 60.7 Å². The van der Waals surface area contributed by atoms with Crippen molar-refractivity contribution in [3.8, 4) is 11.5 Å². The maximum atomic E-state index is 13.3. The van der Waals surface area contributed by atoms with Crippen molar-refractivity contribution in [2.45, 2.75) is 44.9 Å². The van der Waals surface area contributed by atoms with Gasteiger partial charge in [-0.25, -0.2) is 0 Å². The summed E-state index contributed by atoms with van der Waals surface area (Å²) in [6.45, 7) is 2.38. The second kappa shape index (κ2) is 12.8. The molecule has 0 radical (unpaired) electrons. The van der Waals surface area contributed by atoms with Crippen LogP contribution < -0.4 is 10.1 Å². The summed E-state index contributed by atoms with van der Waals surface area (Å²) >= 11 is 0. The van der Waals surface area contributed by atoms with Gasteiger partial charge >= 0.3 is 0 Å². The maximum Gasteiger partial charge on any atom is 0.243 e. The molecule has 192 valence electrons. The zero-order valence-corrected chi connectivity index (χ0v) is 21.0. The van der Waals surface area contributed by atoms with Crippen LogP contribution in [-0.2, 0) is 32.1 Å². The Morgan fingerprint density at radius 2 is 1.54 bits per heavy atom. The molecular weight excluding hydrogens is 468 g/mol. The topological polar surface area (TPSA) is 84.9 Å². The molecule has 0 aromatic heterocycles. The molecule has 2 atom stereocenters. The predicted molar refractivity (Wildman–Crippen MR) is 140 cm³/mol. The molecule has 1 fully saturated rings. The molecule has 4 rings (SSSR count). The number of para-hydroxylation sites is 1. The van der Waals surface area contributed by atoms with Crippen LogP contribution in [0.5, 0.6) is 11.5 Å². The van der Waals surface area contributed by atoms with Crippen molar-refractivity contribution in [2.24, 2.45) is 0 Å². The Bertz CT molecular complexity index is 1180. The lowest BCUT2D eigenvalue weighted by Gasteiger charge is -2.25. The minimum atomic E-state index is -0.828. The highest BCUT2D eigenvalue weighted by molar-refractivity contribution is 5.93. The number of hydrogen-bond acceptors (Lipinski definition) is 5. The van der Waals surface area contributed by atoms with E-state index in [-0.39, 0.29) is 30.6 Å². The molecule has 3 aromatic carbocycles. The zero-order chi connectivity index (χ0) is 26.0. The molecule has 1 heterocycles. The lowest BCUT2D eigenvalue weighted by molar-refractivity contribution is -0.138. The quantitative estimate of drug-likeness (QED) is 0.424. The molecule has 0 spiro atoms. The number of Topliss-reactive ketones (excluding diaryl/α,β-unsaturated/α-hetero) is 1. The van der Waals surface area contributed by atoms with E-state index in [1.54, 1.807) is 4.90 Å². The molecule has 1 aliphatic rings. The fourth-order valence-corrected chi connectivity index (χ4v) is 4.39. The summed E-state index contributed by atoms with van der Waals surface area (Å²) in [7, 11) is 0. The number of amides is 2. The van der Waals surface area contributed by atoms with E-state index in [0.717, 1.165) is 23.3 Å². The van der Waals surface area contributed by atoms with E-state index in [1.165, 1.54) is 6.92 Å². The van der Waals surface area contributed by atoms with E-state index in [2.05, 4.69) is 5.32 Å². The Morgan fingerprint density at radius 3 is 2.22 bits per heavy atom. The number of carbonyl (C=O) groups excluding carboxylic acids is 3. The van der Waals surface area contributed by atoms with E-state index < -0.39 is 12.1 Å². The van der Waals surface area contributed by atoms with Gasteiger partial charge in [0.1, 0.15) is 23.6 Å². The maximum absolute atomic E-state index is 13.3. The van der Waals surface area contributed by atoms with Gasteiger partial charge in [-0.3, -0.25) is 14.4 Å². The number of carbonyl (C=O) groups is 3. The highest BCUT2D eigenvalue weighted by atomic mass is 16.5. The Morgan fingerprint density at radius 1 is 0.892 bits per heavy atom. The molecule has 7 heteroatoms. The Kier molecular flexibility index (Phi) is 9.05. The Balaban J connectivity index is 1.40. The number of rotatable bonds is 11. The van der Waals surface area contributed by atoms with Crippen LogP contribution in [0.25, 0.3) is 0 Å². The average Bonchev–Trinajstić information content (AvgIpc) is 3.41. The van der Waals surface area contributed by atoms with Gasteiger partial charge in [0.2, 0.25) is 11.8 Å². The average molecular weight is 501 g/mol. The lowest BCUT2D eigenvalue weighted by Crippen LogP contribution is -2.52. The molecule has 0 saturated carbocycles. The van der Waals surface area contributed by atoms with Gasteiger partial charge < -0.3 is 19.7 Å². The fraction of sp³-hybridized carbons (Fsp3) is 0.300. The van der Waals surface area contributed by atoms with E-state index in [9.17, 15) is 14.4 Å². The first-order valence-electron chi connectivity index (χ1n) is 12.5. The van der Waals surface area contributed by atoms with Crippen LogP contribution >= 0.6 is 0 Å². The van der Waals surface area contributed by atoms with Crippen molar-refractivity contribution in [1.82, 2.24) is 10.2 Å². The highest BCUT2D eigenvalue weighted by Crippen LogP contribution is 2.22. The minimum absolute atomic E-state index is 0.0431.